The Hall–Kier alpha value is -2.76. The molecule has 0 spiro atoms. The number of pyridine rings is 1. The SMILES string of the molecule is CC(=O)Nc1ccc(Oc2ccc3c(c2)CCC(c2ccc(Cl)cc2Cl)O3)nc1. The van der Waals surface area contributed by atoms with Crippen LogP contribution in [-0.4, -0.2) is 10.9 Å². The van der Waals surface area contributed by atoms with Crippen LogP contribution in [0.15, 0.2) is 54.7 Å². The summed E-state index contributed by atoms with van der Waals surface area (Å²) in [5.41, 5.74) is 2.62. The minimum atomic E-state index is -0.145. The molecule has 0 fully saturated rings. The van der Waals surface area contributed by atoms with Gasteiger partial charge in [0.2, 0.25) is 11.8 Å². The lowest BCUT2D eigenvalue weighted by Gasteiger charge is -2.27. The fourth-order valence-electron chi connectivity index (χ4n) is 3.25. The number of rotatable bonds is 4. The van der Waals surface area contributed by atoms with E-state index in [2.05, 4.69) is 10.3 Å². The molecule has 1 aromatic heterocycles. The standard InChI is InChI=1S/C22H18Cl2N2O3/c1-13(27)26-16-4-9-22(25-12-16)28-17-5-8-20-14(10-17)2-7-21(29-20)18-6-3-15(23)11-19(18)24/h3-6,8-12,21H,2,7H2,1H3,(H,26,27). The predicted molar refractivity (Wildman–Crippen MR) is 113 cm³/mol. The van der Waals surface area contributed by atoms with Gasteiger partial charge in [0, 0.05) is 28.6 Å². The summed E-state index contributed by atoms with van der Waals surface area (Å²) in [5.74, 6) is 1.79. The molecule has 1 aliphatic rings. The maximum absolute atomic E-state index is 11.1. The first-order valence-electron chi connectivity index (χ1n) is 9.14. The van der Waals surface area contributed by atoms with Crippen LogP contribution in [0.25, 0.3) is 0 Å². The van der Waals surface area contributed by atoms with E-state index in [4.69, 9.17) is 32.7 Å². The van der Waals surface area contributed by atoms with E-state index in [-0.39, 0.29) is 12.0 Å². The lowest BCUT2D eigenvalue weighted by Crippen LogP contribution is -2.15. The average Bonchev–Trinajstić information content (AvgIpc) is 2.69. The quantitative estimate of drug-likeness (QED) is 0.536. The number of hydrogen-bond donors (Lipinski definition) is 1. The number of nitrogens with zero attached hydrogens (tertiary/aromatic N) is 1. The van der Waals surface area contributed by atoms with Crippen LogP contribution in [0.3, 0.4) is 0 Å². The Morgan fingerprint density at radius 2 is 2.03 bits per heavy atom. The smallest absolute Gasteiger partial charge is 0.221 e. The molecule has 0 saturated heterocycles. The van der Waals surface area contributed by atoms with Crippen molar-refractivity contribution in [3.8, 4) is 17.4 Å². The molecule has 1 atom stereocenters. The molecule has 2 heterocycles. The van der Waals surface area contributed by atoms with E-state index in [1.807, 2.05) is 30.3 Å². The molecule has 1 amide bonds. The van der Waals surface area contributed by atoms with Crippen molar-refractivity contribution in [2.24, 2.45) is 0 Å². The Morgan fingerprint density at radius 3 is 2.76 bits per heavy atom. The van der Waals surface area contributed by atoms with E-state index in [0.717, 1.165) is 29.7 Å². The number of carbonyl (C=O) groups excluding carboxylic acids is 1. The highest BCUT2D eigenvalue weighted by molar-refractivity contribution is 6.35. The van der Waals surface area contributed by atoms with E-state index >= 15 is 0 Å². The minimum absolute atomic E-state index is 0.109. The number of fused-ring (bicyclic) bond motifs is 1. The zero-order valence-electron chi connectivity index (χ0n) is 15.6. The molecule has 3 aromatic rings. The number of carbonyl (C=O) groups is 1. The summed E-state index contributed by atoms with van der Waals surface area (Å²) in [6, 6.07) is 14.6. The third kappa shape index (κ3) is 4.63. The predicted octanol–water partition coefficient (Wildman–Crippen LogP) is 6.21. The highest BCUT2D eigenvalue weighted by atomic mass is 35.5. The summed E-state index contributed by atoms with van der Waals surface area (Å²) in [6.45, 7) is 1.45. The van der Waals surface area contributed by atoms with E-state index < -0.39 is 0 Å². The maximum atomic E-state index is 11.1. The van der Waals surface area contributed by atoms with Gasteiger partial charge < -0.3 is 14.8 Å². The van der Waals surface area contributed by atoms with Crippen LogP contribution >= 0.6 is 23.2 Å². The van der Waals surface area contributed by atoms with Gasteiger partial charge in [-0.2, -0.15) is 0 Å². The van der Waals surface area contributed by atoms with Crippen molar-refractivity contribution >= 4 is 34.8 Å². The number of nitrogens with one attached hydrogen (secondary N) is 1. The van der Waals surface area contributed by atoms with Gasteiger partial charge in [0.05, 0.1) is 11.9 Å². The number of hydrogen-bond acceptors (Lipinski definition) is 4. The molecule has 148 valence electrons. The number of halogens is 2. The second-order valence-corrected chi connectivity index (χ2v) is 7.59. The van der Waals surface area contributed by atoms with E-state index in [0.29, 0.717) is 27.4 Å². The van der Waals surface area contributed by atoms with Crippen molar-refractivity contribution in [1.82, 2.24) is 4.98 Å². The molecule has 1 N–H and O–H groups in total. The van der Waals surface area contributed by atoms with Gasteiger partial charge in [0.1, 0.15) is 17.6 Å². The minimum Gasteiger partial charge on any atom is -0.485 e. The van der Waals surface area contributed by atoms with Gasteiger partial charge >= 0.3 is 0 Å². The zero-order chi connectivity index (χ0) is 20.4. The van der Waals surface area contributed by atoms with Crippen LogP contribution in [0, 0.1) is 0 Å². The third-order valence-electron chi connectivity index (χ3n) is 4.57. The van der Waals surface area contributed by atoms with Crippen molar-refractivity contribution in [1.29, 1.82) is 0 Å². The van der Waals surface area contributed by atoms with Gasteiger partial charge in [-0.1, -0.05) is 29.3 Å². The Kier molecular flexibility index (Phi) is 5.60. The number of amides is 1. The van der Waals surface area contributed by atoms with Crippen LogP contribution in [0.1, 0.15) is 30.6 Å². The van der Waals surface area contributed by atoms with Crippen molar-refractivity contribution in [2.45, 2.75) is 25.9 Å². The van der Waals surface area contributed by atoms with E-state index in [1.54, 1.807) is 24.4 Å². The zero-order valence-corrected chi connectivity index (χ0v) is 17.1. The van der Waals surface area contributed by atoms with Gasteiger partial charge in [0.25, 0.3) is 0 Å². The number of anilines is 1. The molecule has 4 rings (SSSR count). The molecule has 0 saturated carbocycles. The highest BCUT2D eigenvalue weighted by Crippen LogP contribution is 2.39. The summed E-state index contributed by atoms with van der Waals surface area (Å²) in [7, 11) is 0. The van der Waals surface area contributed by atoms with Crippen LogP contribution in [0.4, 0.5) is 5.69 Å². The first-order chi connectivity index (χ1) is 14.0. The molecule has 0 aliphatic carbocycles. The second-order valence-electron chi connectivity index (χ2n) is 6.75. The molecular formula is C22H18Cl2N2O3. The summed E-state index contributed by atoms with van der Waals surface area (Å²) in [5, 5.41) is 3.89. The Balaban J connectivity index is 1.47. The maximum Gasteiger partial charge on any atom is 0.221 e. The summed E-state index contributed by atoms with van der Waals surface area (Å²) < 4.78 is 12.0. The number of aromatic nitrogens is 1. The van der Waals surface area contributed by atoms with E-state index in [9.17, 15) is 4.79 Å². The topological polar surface area (TPSA) is 60.5 Å². The molecule has 0 radical (unpaired) electrons. The summed E-state index contributed by atoms with van der Waals surface area (Å²) >= 11 is 12.3. The Labute approximate surface area is 178 Å². The number of ether oxygens (including phenoxy) is 2. The van der Waals surface area contributed by atoms with Crippen molar-refractivity contribution < 1.29 is 14.3 Å². The van der Waals surface area contributed by atoms with Gasteiger partial charge in [0.15, 0.2) is 0 Å². The van der Waals surface area contributed by atoms with Crippen LogP contribution < -0.4 is 14.8 Å². The summed E-state index contributed by atoms with van der Waals surface area (Å²) in [6.07, 6.45) is 3.09. The largest absolute Gasteiger partial charge is 0.485 e. The molecule has 2 aromatic carbocycles. The molecular weight excluding hydrogens is 411 g/mol. The first-order valence-corrected chi connectivity index (χ1v) is 9.89. The normalized spacial score (nSPS) is 15.2. The van der Waals surface area contributed by atoms with Gasteiger partial charge in [-0.05, 0) is 54.8 Å². The fourth-order valence-corrected chi connectivity index (χ4v) is 3.78. The fraction of sp³-hybridized carbons (Fsp3) is 0.182. The Bertz CT molecular complexity index is 1050. The molecule has 0 bridgehead atoms. The van der Waals surface area contributed by atoms with E-state index in [1.165, 1.54) is 6.92 Å². The Morgan fingerprint density at radius 1 is 1.17 bits per heavy atom. The molecule has 29 heavy (non-hydrogen) atoms. The molecule has 5 nitrogen and oxygen atoms in total. The van der Waals surface area contributed by atoms with Crippen molar-refractivity contribution in [3.63, 3.8) is 0 Å². The van der Waals surface area contributed by atoms with Crippen LogP contribution in [0.5, 0.6) is 17.4 Å². The molecule has 1 aliphatic heterocycles. The number of aryl methyl sites for hydroxylation is 1. The van der Waals surface area contributed by atoms with Crippen molar-refractivity contribution in [2.75, 3.05) is 5.32 Å². The summed E-state index contributed by atoms with van der Waals surface area (Å²) in [4.78, 5) is 15.3. The first kappa shape index (κ1) is 19.6. The highest BCUT2D eigenvalue weighted by Gasteiger charge is 2.23. The van der Waals surface area contributed by atoms with Crippen LogP contribution in [0.2, 0.25) is 10.0 Å². The number of benzene rings is 2. The molecule has 1 unspecified atom stereocenters. The monoisotopic (exact) mass is 428 g/mol. The average molecular weight is 429 g/mol. The lowest BCUT2D eigenvalue weighted by molar-refractivity contribution is -0.114. The third-order valence-corrected chi connectivity index (χ3v) is 5.13. The van der Waals surface area contributed by atoms with Crippen molar-refractivity contribution in [3.05, 3.63) is 75.9 Å². The second kappa shape index (κ2) is 8.31. The lowest BCUT2D eigenvalue weighted by atomic mass is 9.97. The van der Waals surface area contributed by atoms with Gasteiger partial charge in [-0.3, -0.25) is 4.79 Å². The van der Waals surface area contributed by atoms with Gasteiger partial charge in [-0.25, -0.2) is 4.98 Å². The van der Waals surface area contributed by atoms with Gasteiger partial charge in [-0.15, -0.1) is 0 Å². The van der Waals surface area contributed by atoms with Crippen LogP contribution in [-0.2, 0) is 11.2 Å². The molecule has 7 heteroatoms.